The number of nitrogens with zero attached hydrogens (tertiary/aromatic N) is 1. The third kappa shape index (κ3) is 1.93. The van der Waals surface area contributed by atoms with E-state index in [4.69, 9.17) is 5.73 Å². The highest BCUT2D eigenvalue weighted by Gasteiger charge is 2.26. The summed E-state index contributed by atoms with van der Waals surface area (Å²) in [7, 11) is 0. The van der Waals surface area contributed by atoms with Gasteiger partial charge in [0.2, 0.25) is 5.91 Å². The monoisotopic (exact) mass is 222 g/mol. The van der Waals surface area contributed by atoms with Crippen LogP contribution in [0.3, 0.4) is 0 Å². The SMILES string of the molecule is Cc1ccc(N2CCCC(N)C2=O)cc1F. The minimum Gasteiger partial charge on any atom is -0.320 e. The van der Waals surface area contributed by atoms with Gasteiger partial charge in [-0.15, -0.1) is 0 Å². The molecular weight excluding hydrogens is 207 g/mol. The van der Waals surface area contributed by atoms with Gasteiger partial charge in [0.05, 0.1) is 6.04 Å². The minimum absolute atomic E-state index is 0.116. The molecule has 1 aliphatic heterocycles. The van der Waals surface area contributed by atoms with Crippen LogP contribution in [0.5, 0.6) is 0 Å². The van der Waals surface area contributed by atoms with Crippen molar-refractivity contribution in [2.24, 2.45) is 5.73 Å². The first-order valence-corrected chi connectivity index (χ1v) is 5.42. The van der Waals surface area contributed by atoms with E-state index in [1.807, 2.05) is 0 Å². The number of anilines is 1. The summed E-state index contributed by atoms with van der Waals surface area (Å²) in [5.74, 6) is -0.404. The lowest BCUT2D eigenvalue weighted by Gasteiger charge is -2.30. The molecule has 0 spiro atoms. The summed E-state index contributed by atoms with van der Waals surface area (Å²) in [4.78, 5) is 13.4. The quantitative estimate of drug-likeness (QED) is 0.784. The lowest BCUT2D eigenvalue weighted by molar-refractivity contribution is -0.120. The van der Waals surface area contributed by atoms with Gasteiger partial charge in [0.1, 0.15) is 5.82 Å². The summed E-state index contributed by atoms with van der Waals surface area (Å²) >= 11 is 0. The van der Waals surface area contributed by atoms with Gasteiger partial charge in [-0.3, -0.25) is 4.79 Å². The fourth-order valence-corrected chi connectivity index (χ4v) is 1.91. The number of carbonyl (C=O) groups is 1. The Morgan fingerprint density at radius 1 is 1.50 bits per heavy atom. The van der Waals surface area contributed by atoms with Crippen molar-refractivity contribution < 1.29 is 9.18 Å². The van der Waals surface area contributed by atoms with Gasteiger partial charge in [0, 0.05) is 12.2 Å². The molecular formula is C12H15FN2O. The standard InChI is InChI=1S/C12H15FN2O/c1-8-4-5-9(7-10(8)13)15-6-2-3-11(14)12(15)16/h4-5,7,11H,2-3,6,14H2,1H3. The summed E-state index contributed by atoms with van der Waals surface area (Å²) in [6.45, 7) is 2.32. The molecule has 2 rings (SSSR count). The summed E-state index contributed by atoms with van der Waals surface area (Å²) in [6.07, 6.45) is 1.58. The number of hydrogen-bond acceptors (Lipinski definition) is 2. The van der Waals surface area contributed by atoms with Crippen LogP contribution in [0.15, 0.2) is 18.2 Å². The zero-order valence-corrected chi connectivity index (χ0v) is 9.24. The molecule has 16 heavy (non-hydrogen) atoms. The second-order valence-corrected chi connectivity index (χ2v) is 4.17. The lowest BCUT2D eigenvalue weighted by atomic mass is 10.0. The number of aryl methyl sites for hydroxylation is 1. The van der Waals surface area contributed by atoms with Crippen molar-refractivity contribution in [1.82, 2.24) is 0 Å². The molecule has 1 unspecified atom stereocenters. The molecule has 86 valence electrons. The summed E-state index contributed by atoms with van der Waals surface area (Å²) in [6, 6.07) is 4.38. The van der Waals surface area contributed by atoms with Gasteiger partial charge in [-0.2, -0.15) is 0 Å². The predicted molar refractivity (Wildman–Crippen MR) is 60.7 cm³/mol. The Balaban J connectivity index is 2.29. The van der Waals surface area contributed by atoms with Crippen LogP contribution in [0.4, 0.5) is 10.1 Å². The largest absolute Gasteiger partial charge is 0.320 e. The molecule has 1 heterocycles. The van der Waals surface area contributed by atoms with Gasteiger partial charge in [0.25, 0.3) is 0 Å². The average molecular weight is 222 g/mol. The Morgan fingerprint density at radius 2 is 2.25 bits per heavy atom. The highest BCUT2D eigenvalue weighted by Crippen LogP contribution is 2.22. The number of benzene rings is 1. The molecule has 1 amide bonds. The van der Waals surface area contributed by atoms with E-state index in [1.165, 1.54) is 6.07 Å². The first-order chi connectivity index (χ1) is 7.59. The first kappa shape index (κ1) is 11.1. The number of amides is 1. The van der Waals surface area contributed by atoms with Crippen molar-refractivity contribution in [2.45, 2.75) is 25.8 Å². The van der Waals surface area contributed by atoms with Crippen LogP contribution < -0.4 is 10.6 Å². The Labute approximate surface area is 94.0 Å². The van der Waals surface area contributed by atoms with E-state index >= 15 is 0 Å². The van der Waals surface area contributed by atoms with Crippen LogP contribution >= 0.6 is 0 Å². The maximum absolute atomic E-state index is 13.4. The van der Waals surface area contributed by atoms with Crippen molar-refractivity contribution >= 4 is 11.6 Å². The molecule has 0 aliphatic carbocycles. The summed E-state index contributed by atoms with van der Waals surface area (Å²) in [5, 5.41) is 0. The maximum Gasteiger partial charge on any atom is 0.243 e. The van der Waals surface area contributed by atoms with Gasteiger partial charge in [-0.05, 0) is 37.5 Å². The first-order valence-electron chi connectivity index (χ1n) is 5.42. The molecule has 4 heteroatoms. The third-order valence-electron chi connectivity index (χ3n) is 2.95. The molecule has 0 saturated carbocycles. The number of hydrogen-bond donors (Lipinski definition) is 1. The van der Waals surface area contributed by atoms with Gasteiger partial charge in [-0.25, -0.2) is 4.39 Å². The minimum atomic E-state index is -0.446. The smallest absolute Gasteiger partial charge is 0.243 e. The van der Waals surface area contributed by atoms with Gasteiger partial charge in [0.15, 0.2) is 0 Å². The average Bonchev–Trinajstić information content (AvgIpc) is 2.26. The van der Waals surface area contributed by atoms with Crippen LogP contribution in [0.25, 0.3) is 0 Å². The van der Waals surface area contributed by atoms with E-state index in [1.54, 1.807) is 24.0 Å². The number of rotatable bonds is 1. The maximum atomic E-state index is 13.4. The van der Waals surface area contributed by atoms with Crippen LogP contribution in [0.1, 0.15) is 18.4 Å². The van der Waals surface area contributed by atoms with Gasteiger partial charge < -0.3 is 10.6 Å². The second-order valence-electron chi connectivity index (χ2n) is 4.17. The van der Waals surface area contributed by atoms with Crippen molar-refractivity contribution in [1.29, 1.82) is 0 Å². The fourth-order valence-electron chi connectivity index (χ4n) is 1.91. The van der Waals surface area contributed by atoms with Crippen molar-refractivity contribution in [2.75, 3.05) is 11.4 Å². The topological polar surface area (TPSA) is 46.3 Å². The zero-order valence-electron chi connectivity index (χ0n) is 9.24. The molecule has 3 nitrogen and oxygen atoms in total. The highest BCUT2D eigenvalue weighted by molar-refractivity contribution is 5.97. The van der Waals surface area contributed by atoms with E-state index in [0.717, 1.165) is 6.42 Å². The fraction of sp³-hybridized carbons (Fsp3) is 0.417. The molecule has 0 aromatic heterocycles. The Kier molecular flexibility index (Phi) is 2.92. The van der Waals surface area contributed by atoms with E-state index in [0.29, 0.717) is 24.2 Å². The molecule has 1 atom stereocenters. The summed E-state index contributed by atoms with van der Waals surface area (Å²) < 4.78 is 13.4. The third-order valence-corrected chi connectivity index (χ3v) is 2.95. The number of halogens is 1. The Hall–Kier alpha value is -1.42. The van der Waals surface area contributed by atoms with E-state index < -0.39 is 6.04 Å². The molecule has 1 aromatic rings. The molecule has 1 fully saturated rings. The van der Waals surface area contributed by atoms with Crippen molar-refractivity contribution in [3.8, 4) is 0 Å². The predicted octanol–water partition coefficient (Wildman–Crippen LogP) is 1.59. The Morgan fingerprint density at radius 3 is 2.94 bits per heavy atom. The number of nitrogens with two attached hydrogens (primary N) is 1. The molecule has 0 radical (unpaired) electrons. The van der Waals surface area contributed by atoms with Gasteiger partial charge >= 0.3 is 0 Å². The van der Waals surface area contributed by atoms with Crippen LogP contribution in [0, 0.1) is 12.7 Å². The number of carbonyl (C=O) groups excluding carboxylic acids is 1. The Bertz CT molecular complexity index is 419. The van der Waals surface area contributed by atoms with Crippen LogP contribution in [0.2, 0.25) is 0 Å². The van der Waals surface area contributed by atoms with Crippen molar-refractivity contribution in [3.63, 3.8) is 0 Å². The molecule has 1 aromatic carbocycles. The molecule has 0 bridgehead atoms. The normalized spacial score (nSPS) is 21.3. The molecule has 2 N–H and O–H groups in total. The zero-order chi connectivity index (χ0) is 11.7. The molecule has 1 saturated heterocycles. The van der Waals surface area contributed by atoms with E-state index in [-0.39, 0.29) is 11.7 Å². The van der Waals surface area contributed by atoms with Gasteiger partial charge in [-0.1, -0.05) is 6.07 Å². The van der Waals surface area contributed by atoms with E-state index in [9.17, 15) is 9.18 Å². The van der Waals surface area contributed by atoms with E-state index in [2.05, 4.69) is 0 Å². The van der Waals surface area contributed by atoms with Crippen LogP contribution in [-0.4, -0.2) is 18.5 Å². The molecule has 1 aliphatic rings. The number of piperidine rings is 1. The second kappa shape index (κ2) is 4.22. The highest BCUT2D eigenvalue weighted by atomic mass is 19.1. The lowest BCUT2D eigenvalue weighted by Crippen LogP contribution is -2.48. The van der Waals surface area contributed by atoms with Crippen LogP contribution in [-0.2, 0) is 4.79 Å². The summed E-state index contributed by atoms with van der Waals surface area (Å²) in [5.41, 5.74) is 6.87. The van der Waals surface area contributed by atoms with Crippen molar-refractivity contribution in [3.05, 3.63) is 29.6 Å².